The Bertz CT molecular complexity index is 621. The van der Waals surface area contributed by atoms with Gasteiger partial charge in [-0.2, -0.15) is 0 Å². The molecule has 0 atom stereocenters. The summed E-state index contributed by atoms with van der Waals surface area (Å²) in [6.07, 6.45) is 2.34. The number of hydrogen-bond donors (Lipinski definition) is 1. The highest BCUT2D eigenvalue weighted by Gasteiger charge is 2.27. The van der Waals surface area contributed by atoms with E-state index in [1.807, 2.05) is 6.07 Å². The van der Waals surface area contributed by atoms with Gasteiger partial charge in [0.1, 0.15) is 16.8 Å². The van der Waals surface area contributed by atoms with Crippen LogP contribution in [0.2, 0.25) is 5.15 Å². The van der Waals surface area contributed by atoms with Crippen molar-refractivity contribution in [2.24, 2.45) is 0 Å². The first-order valence-corrected chi connectivity index (χ1v) is 6.89. The summed E-state index contributed by atoms with van der Waals surface area (Å²) in [5.41, 5.74) is 3.55. The first-order chi connectivity index (χ1) is 9.13. The molecule has 0 radical (unpaired) electrons. The van der Waals surface area contributed by atoms with Crippen molar-refractivity contribution in [3.63, 3.8) is 0 Å². The Kier molecular flexibility index (Phi) is 3.15. The number of aryl methyl sites for hydroxylation is 1. The van der Waals surface area contributed by atoms with E-state index in [0.717, 1.165) is 17.3 Å². The lowest BCUT2D eigenvalue weighted by Gasteiger charge is -2.11. The Morgan fingerprint density at radius 2 is 2.00 bits per heavy atom. The topological polar surface area (TPSA) is 37.8 Å². The molecule has 3 nitrogen and oxygen atoms in total. The third-order valence-electron chi connectivity index (χ3n) is 3.52. The maximum atomic E-state index is 6.07. The van der Waals surface area contributed by atoms with E-state index in [1.165, 1.54) is 24.0 Å². The molecule has 0 amide bonds. The van der Waals surface area contributed by atoms with Crippen LogP contribution in [-0.2, 0) is 0 Å². The van der Waals surface area contributed by atoms with Crippen molar-refractivity contribution in [2.75, 3.05) is 5.32 Å². The van der Waals surface area contributed by atoms with Gasteiger partial charge in [-0.1, -0.05) is 23.7 Å². The predicted molar refractivity (Wildman–Crippen MR) is 78.2 cm³/mol. The molecular formula is C15H16ClN3. The summed E-state index contributed by atoms with van der Waals surface area (Å²) in [5, 5.41) is 3.85. The molecule has 1 aromatic carbocycles. The Morgan fingerprint density at radius 3 is 2.74 bits per heavy atom. The smallest absolute Gasteiger partial charge is 0.135 e. The minimum Gasteiger partial charge on any atom is -0.340 e. The lowest BCUT2D eigenvalue weighted by Crippen LogP contribution is -2.01. The van der Waals surface area contributed by atoms with Crippen LogP contribution >= 0.6 is 11.6 Å². The predicted octanol–water partition coefficient (Wildman–Crippen LogP) is 4.37. The highest BCUT2D eigenvalue weighted by Crippen LogP contribution is 2.39. The minimum absolute atomic E-state index is 0.498. The van der Waals surface area contributed by atoms with E-state index in [9.17, 15) is 0 Å². The zero-order valence-electron chi connectivity index (χ0n) is 11.1. The first-order valence-electron chi connectivity index (χ1n) is 6.51. The minimum atomic E-state index is 0.498. The van der Waals surface area contributed by atoms with Crippen LogP contribution in [0.25, 0.3) is 0 Å². The SMILES string of the molecule is Cc1cccc(Nc2cc(Cl)nc(C3CC3)n2)c1C. The van der Waals surface area contributed by atoms with Crippen LogP contribution in [0.5, 0.6) is 0 Å². The summed E-state index contributed by atoms with van der Waals surface area (Å²) >= 11 is 6.07. The van der Waals surface area contributed by atoms with Crippen LogP contribution in [0.4, 0.5) is 11.5 Å². The molecule has 1 heterocycles. The molecule has 1 fully saturated rings. The lowest BCUT2D eigenvalue weighted by molar-refractivity contribution is 0.930. The number of benzene rings is 1. The molecule has 19 heavy (non-hydrogen) atoms. The van der Waals surface area contributed by atoms with E-state index in [2.05, 4.69) is 41.3 Å². The van der Waals surface area contributed by atoms with Crippen LogP contribution in [0.1, 0.15) is 35.7 Å². The molecule has 1 N–H and O–H groups in total. The highest BCUT2D eigenvalue weighted by atomic mass is 35.5. The summed E-state index contributed by atoms with van der Waals surface area (Å²) in [5.74, 6) is 2.13. The number of rotatable bonds is 3. The average molecular weight is 274 g/mol. The maximum Gasteiger partial charge on any atom is 0.135 e. The molecular weight excluding hydrogens is 258 g/mol. The standard InChI is InChI=1S/C15H16ClN3/c1-9-4-3-5-12(10(9)2)17-14-8-13(16)18-15(19-14)11-6-7-11/h3-5,8,11H,6-7H2,1-2H3,(H,17,18,19). The van der Waals surface area contributed by atoms with Gasteiger partial charge in [0.25, 0.3) is 0 Å². The zero-order valence-corrected chi connectivity index (χ0v) is 11.8. The molecule has 0 saturated heterocycles. The summed E-state index contributed by atoms with van der Waals surface area (Å²) in [7, 11) is 0. The van der Waals surface area contributed by atoms with Gasteiger partial charge in [-0.3, -0.25) is 0 Å². The number of anilines is 2. The fourth-order valence-electron chi connectivity index (χ4n) is 2.05. The lowest BCUT2D eigenvalue weighted by atomic mass is 10.1. The van der Waals surface area contributed by atoms with Gasteiger partial charge >= 0.3 is 0 Å². The van der Waals surface area contributed by atoms with E-state index in [0.29, 0.717) is 11.1 Å². The molecule has 1 saturated carbocycles. The average Bonchev–Trinajstić information content (AvgIpc) is 3.18. The van der Waals surface area contributed by atoms with Crippen LogP contribution in [0.15, 0.2) is 24.3 Å². The fraction of sp³-hybridized carbons (Fsp3) is 0.333. The highest BCUT2D eigenvalue weighted by molar-refractivity contribution is 6.29. The third-order valence-corrected chi connectivity index (χ3v) is 3.72. The zero-order chi connectivity index (χ0) is 13.4. The normalized spacial score (nSPS) is 14.5. The Hall–Kier alpha value is -1.61. The van der Waals surface area contributed by atoms with Crippen molar-refractivity contribution in [1.82, 2.24) is 9.97 Å². The molecule has 3 rings (SSSR count). The van der Waals surface area contributed by atoms with Gasteiger partial charge in [-0.15, -0.1) is 0 Å². The number of nitrogens with one attached hydrogen (secondary N) is 1. The summed E-state index contributed by atoms with van der Waals surface area (Å²) in [6, 6.07) is 7.96. The number of nitrogens with zero attached hydrogens (tertiary/aromatic N) is 2. The number of hydrogen-bond acceptors (Lipinski definition) is 3. The molecule has 1 aliphatic rings. The van der Waals surface area contributed by atoms with Crippen molar-refractivity contribution in [3.8, 4) is 0 Å². The maximum absolute atomic E-state index is 6.07. The van der Waals surface area contributed by atoms with Crippen LogP contribution < -0.4 is 5.32 Å². The van der Waals surface area contributed by atoms with Gasteiger partial charge < -0.3 is 5.32 Å². The van der Waals surface area contributed by atoms with Gasteiger partial charge in [0.05, 0.1) is 0 Å². The van der Waals surface area contributed by atoms with E-state index in [1.54, 1.807) is 6.07 Å². The molecule has 2 aromatic rings. The quantitative estimate of drug-likeness (QED) is 0.844. The molecule has 0 aliphatic heterocycles. The second-order valence-corrected chi connectivity index (χ2v) is 5.47. The molecule has 4 heteroatoms. The molecule has 1 aliphatic carbocycles. The van der Waals surface area contributed by atoms with Crippen molar-refractivity contribution in [3.05, 3.63) is 46.4 Å². The molecule has 0 spiro atoms. The summed E-state index contributed by atoms with van der Waals surface area (Å²) in [4.78, 5) is 8.85. The van der Waals surface area contributed by atoms with Crippen LogP contribution in [0.3, 0.4) is 0 Å². The molecule has 0 unspecified atom stereocenters. The fourth-order valence-corrected chi connectivity index (χ4v) is 2.24. The van der Waals surface area contributed by atoms with Gasteiger partial charge in [0.15, 0.2) is 0 Å². The number of halogens is 1. The van der Waals surface area contributed by atoms with E-state index in [4.69, 9.17) is 11.6 Å². The molecule has 98 valence electrons. The van der Waals surface area contributed by atoms with E-state index >= 15 is 0 Å². The van der Waals surface area contributed by atoms with Crippen molar-refractivity contribution in [2.45, 2.75) is 32.6 Å². The number of aromatic nitrogens is 2. The summed E-state index contributed by atoms with van der Waals surface area (Å²) in [6.45, 7) is 4.20. The monoisotopic (exact) mass is 273 g/mol. The van der Waals surface area contributed by atoms with Crippen LogP contribution in [0, 0.1) is 13.8 Å². The largest absolute Gasteiger partial charge is 0.340 e. The van der Waals surface area contributed by atoms with Gasteiger partial charge in [0.2, 0.25) is 0 Å². The van der Waals surface area contributed by atoms with Gasteiger partial charge in [0, 0.05) is 17.7 Å². The molecule has 1 aromatic heterocycles. The van der Waals surface area contributed by atoms with Gasteiger partial charge in [-0.25, -0.2) is 9.97 Å². The Labute approximate surface area is 118 Å². The Morgan fingerprint density at radius 1 is 1.21 bits per heavy atom. The van der Waals surface area contributed by atoms with Crippen molar-refractivity contribution < 1.29 is 0 Å². The first kappa shape index (κ1) is 12.4. The van der Waals surface area contributed by atoms with E-state index in [-0.39, 0.29) is 0 Å². The second-order valence-electron chi connectivity index (χ2n) is 5.08. The second kappa shape index (κ2) is 4.82. The van der Waals surface area contributed by atoms with Crippen LogP contribution in [-0.4, -0.2) is 9.97 Å². The van der Waals surface area contributed by atoms with E-state index < -0.39 is 0 Å². The van der Waals surface area contributed by atoms with Crippen molar-refractivity contribution >= 4 is 23.1 Å². The Balaban J connectivity index is 1.92. The third kappa shape index (κ3) is 2.71. The summed E-state index contributed by atoms with van der Waals surface area (Å²) < 4.78 is 0. The van der Waals surface area contributed by atoms with Crippen molar-refractivity contribution in [1.29, 1.82) is 0 Å². The van der Waals surface area contributed by atoms with Gasteiger partial charge in [-0.05, 0) is 43.9 Å². The molecule has 0 bridgehead atoms.